The van der Waals surface area contributed by atoms with Crippen LogP contribution in [0.3, 0.4) is 0 Å². The molecular weight excluding hydrogens is 589 g/mol. The number of halogens is 3. The van der Waals surface area contributed by atoms with Gasteiger partial charge in [0.05, 0.1) is 0 Å². The Morgan fingerprint density at radius 3 is 2.60 bits per heavy atom. The fraction of sp³-hybridized carbons (Fsp3) is 0.357. The predicted molar refractivity (Wildman–Crippen MR) is 157 cm³/mol. The van der Waals surface area contributed by atoms with E-state index in [9.17, 15) is 36.6 Å². The van der Waals surface area contributed by atoms with Crippen molar-refractivity contribution in [1.29, 1.82) is 0 Å². The molecule has 0 radical (unpaired) electrons. The third kappa shape index (κ3) is 8.95. The third-order valence-corrected chi connectivity index (χ3v) is 8.11. The molecule has 1 aromatic heterocycles. The SMILES string of the molecule is CC(Cc1ccc2c(c1)cc(C(=O)O)n2Cc1cccc(NCS(=O)(=O)CC(F)(F)F)c1)NCC(O)N1C=CC(N)=NC1. The number of aliphatic hydroxyl groups excluding tert-OH is 1. The zero-order valence-electron chi connectivity index (χ0n) is 23.3. The Balaban J connectivity index is 1.43. The molecule has 0 fully saturated rings. The summed E-state index contributed by atoms with van der Waals surface area (Å²) in [5.41, 5.74) is 8.19. The summed E-state index contributed by atoms with van der Waals surface area (Å²) in [6.45, 7) is 2.67. The number of carboxylic acid groups (broad SMARTS) is 1. The highest BCUT2D eigenvalue weighted by atomic mass is 32.2. The number of hydrogen-bond donors (Lipinski definition) is 5. The van der Waals surface area contributed by atoms with E-state index >= 15 is 0 Å². The second-order valence-corrected chi connectivity index (χ2v) is 12.5. The van der Waals surface area contributed by atoms with Crippen molar-refractivity contribution in [1.82, 2.24) is 14.8 Å². The quantitative estimate of drug-likeness (QED) is 0.193. The average Bonchev–Trinajstić information content (AvgIpc) is 3.28. The standard InChI is InChI=1S/C28H33F3N6O5S/c1-18(33-13-26(38)36-8-7-25(32)34-16-36)9-19-5-6-23-21(10-19)12-24(27(39)40)37(23)14-20-3-2-4-22(11-20)35-17-43(41,42)15-28(29,30)31/h2-8,10-12,18,26,33,35,38H,9,13-17H2,1H3,(H2,32,34)(H,39,40). The number of alkyl halides is 3. The number of benzene rings is 2. The van der Waals surface area contributed by atoms with E-state index in [1.165, 1.54) is 6.07 Å². The molecule has 232 valence electrons. The van der Waals surface area contributed by atoms with Gasteiger partial charge in [0, 0.05) is 41.9 Å². The van der Waals surface area contributed by atoms with E-state index < -0.39 is 39.8 Å². The third-order valence-electron chi connectivity index (χ3n) is 6.76. The maximum absolute atomic E-state index is 12.5. The van der Waals surface area contributed by atoms with Gasteiger partial charge in [-0.1, -0.05) is 18.2 Å². The van der Waals surface area contributed by atoms with Crippen LogP contribution in [0.5, 0.6) is 0 Å². The minimum absolute atomic E-state index is 0.00865. The molecule has 43 heavy (non-hydrogen) atoms. The number of amidine groups is 1. The number of nitrogens with zero attached hydrogens (tertiary/aromatic N) is 3. The van der Waals surface area contributed by atoms with Gasteiger partial charge >= 0.3 is 12.1 Å². The minimum atomic E-state index is -4.83. The van der Waals surface area contributed by atoms with Gasteiger partial charge in [-0.05, 0) is 60.9 Å². The van der Waals surface area contributed by atoms with Gasteiger partial charge in [0.2, 0.25) is 0 Å². The van der Waals surface area contributed by atoms with Gasteiger partial charge in [0.25, 0.3) is 0 Å². The van der Waals surface area contributed by atoms with E-state index in [0.29, 0.717) is 41.0 Å². The average molecular weight is 623 g/mol. The molecule has 15 heteroatoms. The second-order valence-electron chi connectivity index (χ2n) is 10.4. The zero-order valence-corrected chi connectivity index (χ0v) is 24.1. The van der Waals surface area contributed by atoms with Gasteiger partial charge in [0.1, 0.15) is 36.1 Å². The van der Waals surface area contributed by atoms with Gasteiger partial charge in [-0.3, -0.25) is 0 Å². The normalized spacial score (nSPS) is 15.4. The molecular formula is C28H33F3N6O5S. The monoisotopic (exact) mass is 622 g/mol. The Morgan fingerprint density at radius 1 is 1.16 bits per heavy atom. The number of anilines is 1. The van der Waals surface area contributed by atoms with Crippen LogP contribution in [0.25, 0.3) is 10.9 Å². The number of sulfone groups is 1. The smallest absolute Gasteiger partial charge is 0.402 e. The van der Waals surface area contributed by atoms with Gasteiger partial charge in [0.15, 0.2) is 9.84 Å². The first-order valence-corrected chi connectivity index (χ1v) is 15.1. The molecule has 0 saturated carbocycles. The largest absolute Gasteiger partial charge is 0.477 e. The number of aliphatic hydroxyl groups is 1. The van der Waals surface area contributed by atoms with Crippen molar-refractivity contribution < 1.29 is 36.6 Å². The summed E-state index contributed by atoms with van der Waals surface area (Å²) < 4.78 is 62.8. The second kappa shape index (κ2) is 13.1. The molecule has 0 saturated heterocycles. The van der Waals surface area contributed by atoms with E-state index in [-0.39, 0.29) is 24.9 Å². The summed E-state index contributed by atoms with van der Waals surface area (Å²) in [7, 11) is -4.42. The van der Waals surface area contributed by atoms with E-state index in [4.69, 9.17) is 5.73 Å². The van der Waals surface area contributed by atoms with Gasteiger partial charge in [-0.25, -0.2) is 18.2 Å². The van der Waals surface area contributed by atoms with E-state index in [2.05, 4.69) is 15.6 Å². The summed E-state index contributed by atoms with van der Waals surface area (Å²) in [5.74, 6) is -3.55. The van der Waals surface area contributed by atoms with E-state index in [0.717, 1.165) is 5.56 Å². The van der Waals surface area contributed by atoms with Crippen molar-refractivity contribution in [2.75, 3.05) is 30.2 Å². The van der Waals surface area contributed by atoms with Crippen molar-refractivity contribution >= 4 is 38.2 Å². The highest BCUT2D eigenvalue weighted by molar-refractivity contribution is 7.91. The molecule has 2 unspecified atom stereocenters. The number of aromatic nitrogens is 1. The fourth-order valence-corrected chi connectivity index (χ4v) is 5.72. The van der Waals surface area contributed by atoms with Crippen LogP contribution in [0.2, 0.25) is 0 Å². The lowest BCUT2D eigenvalue weighted by Crippen LogP contribution is -2.44. The Kier molecular flexibility index (Phi) is 9.67. The molecule has 0 spiro atoms. The van der Waals surface area contributed by atoms with Crippen molar-refractivity contribution in [3.05, 3.63) is 77.6 Å². The molecule has 0 aliphatic carbocycles. The predicted octanol–water partition coefficient (Wildman–Crippen LogP) is 2.72. The number of nitrogens with two attached hydrogens (primary N) is 1. The number of nitrogens with one attached hydrogen (secondary N) is 2. The first-order valence-electron chi connectivity index (χ1n) is 13.3. The lowest BCUT2D eigenvalue weighted by Gasteiger charge is -2.28. The summed E-state index contributed by atoms with van der Waals surface area (Å²) in [5, 5.41) is 26.8. The van der Waals surface area contributed by atoms with E-state index in [1.54, 1.807) is 46.0 Å². The molecule has 1 aliphatic heterocycles. The van der Waals surface area contributed by atoms with Crippen LogP contribution in [0.15, 0.2) is 65.8 Å². The molecule has 1 aliphatic rings. The van der Waals surface area contributed by atoms with Crippen molar-refractivity contribution in [2.45, 2.75) is 38.3 Å². The molecule has 6 N–H and O–H groups in total. The van der Waals surface area contributed by atoms with Crippen LogP contribution in [-0.2, 0) is 22.8 Å². The number of carbonyl (C=O) groups is 1. The maximum Gasteiger partial charge on any atom is 0.402 e. The van der Waals surface area contributed by atoms with Crippen molar-refractivity contribution in [3.8, 4) is 0 Å². The lowest BCUT2D eigenvalue weighted by molar-refractivity contribution is -0.106. The highest BCUT2D eigenvalue weighted by Crippen LogP contribution is 2.25. The molecule has 2 heterocycles. The molecule has 0 bridgehead atoms. The van der Waals surface area contributed by atoms with Crippen molar-refractivity contribution in [3.63, 3.8) is 0 Å². The number of aromatic carboxylic acids is 1. The number of fused-ring (bicyclic) bond motifs is 1. The van der Waals surface area contributed by atoms with E-state index in [1.807, 2.05) is 25.1 Å². The lowest BCUT2D eigenvalue weighted by atomic mass is 10.1. The summed E-state index contributed by atoms with van der Waals surface area (Å²) in [4.78, 5) is 17.8. The number of aliphatic imine (C=N–C) groups is 1. The van der Waals surface area contributed by atoms with Crippen LogP contribution in [-0.4, -0.2) is 83.2 Å². The Labute approximate surface area is 246 Å². The highest BCUT2D eigenvalue weighted by Gasteiger charge is 2.34. The van der Waals surface area contributed by atoms with Crippen LogP contribution in [0.1, 0.15) is 28.5 Å². The van der Waals surface area contributed by atoms with Crippen LogP contribution >= 0.6 is 0 Å². The van der Waals surface area contributed by atoms with Crippen LogP contribution < -0.4 is 16.4 Å². The summed E-state index contributed by atoms with van der Waals surface area (Å²) >= 11 is 0. The van der Waals surface area contributed by atoms with Gasteiger partial charge in [-0.2, -0.15) is 13.2 Å². The zero-order chi connectivity index (χ0) is 31.4. The van der Waals surface area contributed by atoms with Gasteiger partial charge in [-0.15, -0.1) is 0 Å². The molecule has 2 aromatic carbocycles. The topological polar surface area (TPSA) is 162 Å². The number of rotatable bonds is 13. The first-order chi connectivity index (χ1) is 20.2. The molecule has 0 amide bonds. The summed E-state index contributed by atoms with van der Waals surface area (Å²) in [6, 6.07) is 13.6. The molecule has 4 rings (SSSR count). The number of carboxylic acids is 1. The molecule has 2 atom stereocenters. The number of hydrogen-bond acceptors (Lipinski definition) is 9. The summed E-state index contributed by atoms with van der Waals surface area (Å²) in [6.07, 6.45) is -1.71. The minimum Gasteiger partial charge on any atom is -0.477 e. The van der Waals surface area contributed by atoms with Crippen molar-refractivity contribution in [2.24, 2.45) is 10.7 Å². The maximum atomic E-state index is 12.5. The first kappa shape index (κ1) is 31.8. The Bertz CT molecular complexity index is 1640. The Morgan fingerprint density at radius 2 is 1.93 bits per heavy atom. The van der Waals surface area contributed by atoms with Gasteiger partial charge < -0.3 is 36.0 Å². The fourth-order valence-electron chi connectivity index (χ4n) is 4.73. The molecule has 11 nitrogen and oxygen atoms in total. The van der Waals surface area contributed by atoms with Crippen LogP contribution in [0.4, 0.5) is 18.9 Å². The molecule has 3 aromatic rings. The van der Waals surface area contributed by atoms with Crippen LogP contribution in [0, 0.1) is 0 Å². The Hall–Kier alpha value is -4.08.